The van der Waals surface area contributed by atoms with E-state index >= 15 is 0 Å². The molecule has 1 N–H and O–H groups in total. The quantitative estimate of drug-likeness (QED) is 0.856. The first kappa shape index (κ1) is 15.1. The maximum absolute atomic E-state index is 12.8. The minimum Gasteiger partial charge on any atom is -0.378 e. The van der Waals surface area contributed by atoms with Crippen molar-refractivity contribution in [2.24, 2.45) is 5.92 Å². The maximum atomic E-state index is 12.8. The normalized spacial score (nSPS) is 31.1. The van der Waals surface area contributed by atoms with Crippen LogP contribution >= 0.6 is 0 Å². The first-order valence-electron chi connectivity index (χ1n) is 7.17. The predicted molar refractivity (Wildman–Crippen MR) is 67.1 cm³/mol. The molecule has 112 valence electrons. The van der Waals surface area contributed by atoms with Gasteiger partial charge in [-0.15, -0.1) is 0 Å². The van der Waals surface area contributed by atoms with Gasteiger partial charge in [-0.25, -0.2) is 0 Å². The summed E-state index contributed by atoms with van der Waals surface area (Å²) >= 11 is 0. The molecule has 0 bridgehead atoms. The van der Waals surface area contributed by atoms with Crippen LogP contribution in [0, 0.1) is 5.92 Å². The highest BCUT2D eigenvalue weighted by Crippen LogP contribution is 2.27. The molecule has 2 aliphatic heterocycles. The molecule has 2 unspecified atom stereocenters. The van der Waals surface area contributed by atoms with Gasteiger partial charge in [-0.2, -0.15) is 13.2 Å². The summed E-state index contributed by atoms with van der Waals surface area (Å²) in [5, 5.41) is 2.88. The van der Waals surface area contributed by atoms with Crippen LogP contribution in [-0.4, -0.2) is 56.5 Å². The van der Waals surface area contributed by atoms with Gasteiger partial charge >= 0.3 is 6.18 Å². The van der Waals surface area contributed by atoms with Crippen LogP contribution in [0.15, 0.2) is 0 Å². The molecule has 2 rings (SSSR count). The molecule has 2 fully saturated rings. The lowest BCUT2D eigenvalue weighted by Crippen LogP contribution is -2.39. The van der Waals surface area contributed by atoms with Crippen molar-refractivity contribution in [3.63, 3.8) is 0 Å². The molecule has 0 aromatic rings. The molecule has 0 radical (unpaired) electrons. The van der Waals surface area contributed by atoms with Crippen LogP contribution in [0.5, 0.6) is 0 Å². The fourth-order valence-corrected chi connectivity index (χ4v) is 2.76. The number of hydrogen-bond acceptors (Lipinski definition) is 3. The number of halogens is 3. The highest BCUT2D eigenvalue weighted by molar-refractivity contribution is 4.79. The minimum atomic E-state index is -4.10. The zero-order valence-corrected chi connectivity index (χ0v) is 11.2. The molecule has 0 spiro atoms. The lowest BCUT2D eigenvalue weighted by Gasteiger charge is -2.28. The van der Waals surface area contributed by atoms with Crippen LogP contribution in [0.4, 0.5) is 13.2 Å². The Hall–Kier alpha value is -0.330. The molecular weight excluding hydrogens is 257 g/mol. The fraction of sp³-hybridized carbons (Fsp3) is 1.00. The Morgan fingerprint density at radius 1 is 1.26 bits per heavy atom. The number of ether oxygens (including phenoxy) is 1. The Bertz CT molecular complexity index is 267. The van der Waals surface area contributed by atoms with Crippen LogP contribution in [0.3, 0.4) is 0 Å². The van der Waals surface area contributed by atoms with Gasteiger partial charge in [-0.1, -0.05) is 0 Å². The molecule has 2 aliphatic rings. The average Bonchev–Trinajstić information content (AvgIpc) is 2.62. The summed E-state index contributed by atoms with van der Waals surface area (Å²) in [5.74, 6) is -1.25. The minimum absolute atomic E-state index is 0.0416. The summed E-state index contributed by atoms with van der Waals surface area (Å²) in [7, 11) is 0. The van der Waals surface area contributed by atoms with Crippen LogP contribution in [0.1, 0.15) is 25.7 Å². The van der Waals surface area contributed by atoms with Crippen molar-refractivity contribution in [2.75, 3.05) is 39.3 Å². The van der Waals surface area contributed by atoms with E-state index in [0.717, 1.165) is 25.9 Å². The SMILES string of the molecule is FC(F)(F)C1CNCCN(CCC2CCCCO2)C1. The summed E-state index contributed by atoms with van der Waals surface area (Å²) in [6.07, 6.45) is 0.336. The Morgan fingerprint density at radius 3 is 2.79 bits per heavy atom. The predicted octanol–water partition coefficient (Wildman–Crippen LogP) is 2.03. The van der Waals surface area contributed by atoms with E-state index in [4.69, 9.17) is 4.74 Å². The maximum Gasteiger partial charge on any atom is 0.394 e. The molecule has 3 nitrogen and oxygen atoms in total. The van der Waals surface area contributed by atoms with Crippen LogP contribution in [-0.2, 0) is 4.74 Å². The van der Waals surface area contributed by atoms with Gasteiger partial charge in [-0.3, -0.25) is 0 Å². The van der Waals surface area contributed by atoms with Gasteiger partial charge in [0.15, 0.2) is 0 Å². The van der Waals surface area contributed by atoms with Crippen molar-refractivity contribution in [3.05, 3.63) is 0 Å². The Balaban J connectivity index is 1.78. The van der Waals surface area contributed by atoms with Gasteiger partial charge in [0.25, 0.3) is 0 Å². The standard InChI is InChI=1S/C13H23F3N2O/c14-13(15,16)11-9-17-5-7-18(10-11)6-4-12-3-1-2-8-19-12/h11-12,17H,1-10H2. The highest BCUT2D eigenvalue weighted by Gasteiger charge is 2.40. The van der Waals surface area contributed by atoms with Gasteiger partial charge in [0.2, 0.25) is 0 Å². The number of nitrogens with one attached hydrogen (secondary N) is 1. The van der Waals surface area contributed by atoms with Gasteiger partial charge in [-0.05, 0) is 25.7 Å². The third kappa shape index (κ3) is 4.93. The van der Waals surface area contributed by atoms with Crippen molar-refractivity contribution >= 4 is 0 Å². The molecular formula is C13H23F3N2O. The largest absolute Gasteiger partial charge is 0.394 e. The number of alkyl halides is 3. The lowest BCUT2D eigenvalue weighted by molar-refractivity contribution is -0.176. The molecule has 0 saturated carbocycles. The van der Waals surface area contributed by atoms with E-state index in [1.54, 1.807) is 0 Å². The Morgan fingerprint density at radius 2 is 2.11 bits per heavy atom. The second-order valence-electron chi connectivity index (χ2n) is 5.52. The molecule has 0 aromatic carbocycles. The van der Waals surface area contributed by atoms with E-state index in [1.807, 2.05) is 4.90 Å². The zero-order valence-electron chi connectivity index (χ0n) is 11.2. The van der Waals surface area contributed by atoms with E-state index in [-0.39, 0.29) is 19.2 Å². The van der Waals surface area contributed by atoms with E-state index < -0.39 is 12.1 Å². The van der Waals surface area contributed by atoms with Gasteiger partial charge in [0, 0.05) is 39.3 Å². The van der Waals surface area contributed by atoms with Crippen molar-refractivity contribution in [1.29, 1.82) is 0 Å². The van der Waals surface area contributed by atoms with Crippen molar-refractivity contribution < 1.29 is 17.9 Å². The molecule has 0 aliphatic carbocycles. The van der Waals surface area contributed by atoms with Crippen molar-refractivity contribution in [3.8, 4) is 0 Å². The number of rotatable bonds is 3. The number of nitrogens with zero attached hydrogens (tertiary/aromatic N) is 1. The Labute approximate surface area is 112 Å². The first-order chi connectivity index (χ1) is 9.05. The van der Waals surface area contributed by atoms with Gasteiger partial charge < -0.3 is 15.0 Å². The smallest absolute Gasteiger partial charge is 0.378 e. The average molecular weight is 280 g/mol. The van der Waals surface area contributed by atoms with E-state index in [2.05, 4.69) is 5.32 Å². The Kier molecular flexibility index (Phi) is 5.47. The second kappa shape index (κ2) is 6.90. The monoisotopic (exact) mass is 280 g/mol. The van der Waals surface area contributed by atoms with E-state index in [9.17, 15) is 13.2 Å². The lowest BCUT2D eigenvalue weighted by atomic mass is 10.1. The summed E-state index contributed by atoms with van der Waals surface area (Å²) < 4.78 is 44.0. The molecule has 6 heteroatoms. The molecule has 0 aromatic heterocycles. The highest BCUT2D eigenvalue weighted by atomic mass is 19.4. The van der Waals surface area contributed by atoms with Gasteiger partial charge in [0.05, 0.1) is 12.0 Å². The van der Waals surface area contributed by atoms with Crippen LogP contribution in [0.25, 0.3) is 0 Å². The number of hydrogen-bond donors (Lipinski definition) is 1. The molecule has 19 heavy (non-hydrogen) atoms. The van der Waals surface area contributed by atoms with Crippen LogP contribution in [0.2, 0.25) is 0 Å². The molecule has 0 amide bonds. The zero-order chi connectivity index (χ0) is 13.7. The fourth-order valence-electron chi connectivity index (χ4n) is 2.76. The molecule has 2 heterocycles. The topological polar surface area (TPSA) is 24.5 Å². The summed E-state index contributed by atoms with van der Waals surface area (Å²) in [6.45, 7) is 3.00. The van der Waals surface area contributed by atoms with Crippen LogP contribution < -0.4 is 5.32 Å². The summed E-state index contributed by atoms with van der Waals surface area (Å²) in [4.78, 5) is 1.93. The third-order valence-electron chi connectivity index (χ3n) is 3.98. The molecule has 2 saturated heterocycles. The van der Waals surface area contributed by atoms with E-state index in [1.165, 1.54) is 6.42 Å². The third-order valence-corrected chi connectivity index (χ3v) is 3.98. The summed E-state index contributed by atoms with van der Waals surface area (Å²) in [5.41, 5.74) is 0. The van der Waals surface area contributed by atoms with Crippen molar-refractivity contribution in [1.82, 2.24) is 10.2 Å². The first-order valence-corrected chi connectivity index (χ1v) is 7.17. The molecule has 2 atom stereocenters. The van der Waals surface area contributed by atoms with E-state index in [0.29, 0.717) is 19.6 Å². The van der Waals surface area contributed by atoms with Gasteiger partial charge in [0.1, 0.15) is 0 Å². The second-order valence-corrected chi connectivity index (χ2v) is 5.52. The summed E-state index contributed by atoms with van der Waals surface area (Å²) in [6, 6.07) is 0. The van der Waals surface area contributed by atoms with Crippen molar-refractivity contribution in [2.45, 2.75) is 38.0 Å².